The van der Waals surface area contributed by atoms with Crippen LogP contribution in [0.3, 0.4) is 0 Å². The molecule has 7 nitrogen and oxygen atoms in total. The topological polar surface area (TPSA) is 91.7 Å². The predicted octanol–water partition coefficient (Wildman–Crippen LogP) is 1.32. The van der Waals surface area contributed by atoms with Gasteiger partial charge in [0.15, 0.2) is 5.82 Å². The lowest BCUT2D eigenvalue weighted by Gasteiger charge is -2.06. The lowest BCUT2D eigenvalue weighted by Crippen LogP contribution is -2.06. The molecule has 100 valence electrons. The van der Waals surface area contributed by atoms with Crippen molar-refractivity contribution in [2.24, 2.45) is 0 Å². The molecule has 0 amide bonds. The van der Waals surface area contributed by atoms with Crippen molar-refractivity contribution in [3.8, 4) is 23.1 Å². The van der Waals surface area contributed by atoms with E-state index >= 15 is 0 Å². The van der Waals surface area contributed by atoms with Crippen LogP contribution in [0.5, 0.6) is 5.75 Å². The Bertz CT molecular complexity index is 725. The van der Waals surface area contributed by atoms with Gasteiger partial charge in [-0.2, -0.15) is 15.0 Å². The molecule has 0 spiro atoms. The van der Waals surface area contributed by atoms with Crippen LogP contribution in [0.25, 0.3) is 17.3 Å². The van der Waals surface area contributed by atoms with E-state index in [4.69, 9.17) is 10.5 Å². The van der Waals surface area contributed by atoms with Gasteiger partial charge >= 0.3 is 0 Å². The molecule has 7 heteroatoms. The number of nitrogens with two attached hydrogens (primary N) is 1. The molecule has 2 N–H and O–H groups in total. The van der Waals surface area contributed by atoms with Crippen LogP contribution >= 0.6 is 0 Å². The summed E-state index contributed by atoms with van der Waals surface area (Å²) in [6.07, 6.45) is 4.99. The molecule has 0 aliphatic heterocycles. The van der Waals surface area contributed by atoms with Gasteiger partial charge in [0.05, 0.1) is 7.11 Å². The zero-order valence-electron chi connectivity index (χ0n) is 10.8. The second kappa shape index (κ2) is 4.96. The van der Waals surface area contributed by atoms with Crippen molar-refractivity contribution in [2.75, 3.05) is 12.8 Å². The predicted molar refractivity (Wildman–Crippen MR) is 73.3 cm³/mol. The Morgan fingerprint density at radius 3 is 2.85 bits per heavy atom. The summed E-state index contributed by atoms with van der Waals surface area (Å²) in [7, 11) is 1.61. The molecular formula is C13H12N6O. The number of aromatic nitrogens is 5. The van der Waals surface area contributed by atoms with Crippen molar-refractivity contribution in [1.29, 1.82) is 0 Å². The number of imidazole rings is 1. The summed E-state index contributed by atoms with van der Waals surface area (Å²) in [6.45, 7) is 0. The number of nitrogen functional groups attached to an aromatic ring is 1. The van der Waals surface area contributed by atoms with Crippen molar-refractivity contribution in [3.63, 3.8) is 0 Å². The molecule has 0 unspecified atom stereocenters. The van der Waals surface area contributed by atoms with Gasteiger partial charge in [-0.25, -0.2) is 4.98 Å². The zero-order chi connectivity index (χ0) is 13.9. The fourth-order valence-corrected chi connectivity index (χ4v) is 1.76. The number of rotatable bonds is 3. The van der Waals surface area contributed by atoms with Gasteiger partial charge in [0, 0.05) is 18.0 Å². The quantitative estimate of drug-likeness (QED) is 0.770. The van der Waals surface area contributed by atoms with Crippen LogP contribution in [0, 0.1) is 0 Å². The van der Waals surface area contributed by atoms with Crippen molar-refractivity contribution in [3.05, 3.63) is 43.0 Å². The average molecular weight is 268 g/mol. The lowest BCUT2D eigenvalue weighted by molar-refractivity contribution is 0.415. The molecule has 0 aliphatic carbocycles. The summed E-state index contributed by atoms with van der Waals surface area (Å²) >= 11 is 0. The summed E-state index contributed by atoms with van der Waals surface area (Å²) in [6, 6.07) is 7.44. The smallest absolute Gasteiger partial charge is 0.240 e. The van der Waals surface area contributed by atoms with E-state index < -0.39 is 0 Å². The van der Waals surface area contributed by atoms with E-state index in [-0.39, 0.29) is 5.95 Å². The minimum Gasteiger partial charge on any atom is -0.497 e. The van der Waals surface area contributed by atoms with Crippen LogP contribution in [0.15, 0.2) is 43.0 Å². The van der Waals surface area contributed by atoms with Gasteiger partial charge in [-0.1, -0.05) is 12.1 Å². The largest absolute Gasteiger partial charge is 0.497 e. The number of benzene rings is 1. The monoisotopic (exact) mass is 268 g/mol. The number of ether oxygens (including phenoxy) is 1. The number of hydrogen-bond donors (Lipinski definition) is 1. The Kier molecular flexibility index (Phi) is 3.00. The van der Waals surface area contributed by atoms with Crippen LogP contribution in [0.2, 0.25) is 0 Å². The van der Waals surface area contributed by atoms with Crippen LogP contribution in [0.4, 0.5) is 5.95 Å². The standard InChI is InChI=1S/C13H12N6O/c1-20-10-4-2-3-9(7-10)11-16-12(14)18-13(17-11)19-6-5-15-8-19/h2-8H,1H3,(H2,14,16,17,18). The Morgan fingerprint density at radius 2 is 2.10 bits per heavy atom. The highest BCUT2D eigenvalue weighted by molar-refractivity contribution is 5.58. The van der Waals surface area contributed by atoms with E-state index in [9.17, 15) is 0 Å². The van der Waals surface area contributed by atoms with Crippen molar-refractivity contribution < 1.29 is 4.74 Å². The minimum atomic E-state index is 0.154. The van der Waals surface area contributed by atoms with Gasteiger partial charge in [0.25, 0.3) is 0 Å². The maximum Gasteiger partial charge on any atom is 0.240 e. The van der Waals surface area contributed by atoms with Crippen molar-refractivity contribution >= 4 is 5.95 Å². The summed E-state index contributed by atoms with van der Waals surface area (Å²) < 4.78 is 6.86. The number of nitrogens with zero attached hydrogens (tertiary/aromatic N) is 5. The molecule has 0 atom stereocenters. The van der Waals surface area contributed by atoms with Gasteiger partial charge < -0.3 is 10.5 Å². The first kappa shape index (κ1) is 12.1. The molecule has 0 saturated carbocycles. The molecule has 0 saturated heterocycles. The number of methoxy groups -OCH3 is 1. The maximum absolute atomic E-state index is 5.75. The van der Waals surface area contributed by atoms with E-state index in [0.29, 0.717) is 11.8 Å². The normalized spacial score (nSPS) is 10.4. The summed E-state index contributed by atoms with van der Waals surface area (Å²) in [5.74, 6) is 1.79. The Balaban J connectivity index is 2.09. The molecule has 0 fully saturated rings. The SMILES string of the molecule is COc1cccc(-c2nc(N)nc(-n3ccnc3)n2)c1. The van der Waals surface area contributed by atoms with E-state index in [1.807, 2.05) is 24.3 Å². The Hall–Kier alpha value is -2.96. The number of anilines is 1. The molecule has 20 heavy (non-hydrogen) atoms. The second-order valence-electron chi connectivity index (χ2n) is 4.02. The molecule has 3 rings (SSSR count). The average Bonchev–Trinajstić information content (AvgIpc) is 3.01. The summed E-state index contributed by atoms with van der Waals surface area (Å²) in [5, 5.41) is 0. The highest BCUT2D eigenvalue weighted by Crippen LogP contribution is 2.21. The molecule has 0 bridgehead atoms. The van der Waals surface area contributed by atoms with Crippen LogP contribution < -0.4 is 10.5 Å². The van der Waals surface area contributed by atoms with Crippen LogP contribution in [-0.2, 0) is 0 Å². The fourth-order valence-electron chi connectivity index (χ4n) is 1.76. The van der Waals surface area contributed by atoms with Gasteiger partial charge in [0.1, 0.15) is 12.1 Å². The van der Waals surface area contributed by atoms with E-state index in [2.05, 4.69) is 19.9 Å². The minimum absolute atomic E-state index is 0.154. The molecule has 1 aromatic carbocycles. The van der Waals surface area contributed by atoms with Gasteiger partial charge in [-0.15, -0.1) is 0 Å². The fraction of sp³-hybridized carbons (Fsp3) is 0.0769. The van der Waals surface area contributed by atoms with E-state index in [1.54, 1.807) is 30.4 Å². The molecule has 0 aliphatic rings. The molecule has 2 aromatic heterocycles. The third-order valence-electron chi connectivity index (χ3n) is 2.70. The first-order valence-corrected chi connectivity index (χ1v) is 5.90. The molecule has 2 heterocycles. The molecule has 0 radical (unpaired) electrons. The third-order valence-corrected chi connectivity index (χ3v) is 2.70. The maximum atomic E-state index is 5.75. The third kappa shape index (κ3) is 2.28. The number of hydrogen-bond acceptors (Lipinski definition) is 6. The zero-order valence-corrected chi connectivity index (χ0v) is 10.8. The molecular weight excluding hydrogens is 256 g/mol. The van der Waals surface area contributed by atoms with Gasteiger partial charge in [-0.05, 0) is 12.1 Å². The van der Waals surface area contributed by atoms with E-state index in [0.717, 1.165) is 11.3 Å². The summed E-state index contributed by atoms with van der Waals surface area (Å²) in [5.41, 5.74) is 6.55. The highest BCUT2D eigenvalue weighted by Gasteiger charge is 2.08. The van der Waals surface area contributed by atoms with Gasteiger partial charge in [-0.3, -0.25) is 4.57 Å². The Morgan fingerprint density at radius 1 is 1.20 bits per heavy atom. The van der Waals surface area contributed by atoms with Crippen molar-refractivity contribution in [1.82, 2.24) is 24.5 Å². The first-order chi connectivity index (χ1) is 9.76. The van der Waals surface area contributed by atoms with Crippen molar-refractivity contribution in [2.45, 2.75) is 0 Å². The van der Waals surface area contributed by atoms with Crippen LogP contribution in [-0.4, -0.2) is 31.6 Å². The first-order valence-electron chi connectivity index (χ1n) is 5.90. The van der Waals surface area contributed by atoms with Gasteiger partial charge in [0.2, 0.25) is 11.9 Å². The Labute approximate surface area is 115 Å². The van der Waals surface area contributed by atoms with Crippen LogP contribution in [0.1, 0.15) is 0 Å². The molecule has 3 aromatic rings. The summed E-state index contributed by atoms with van der Waals surface area (Å²) in [4.78, 5) is 16.6. The highest BCUT2D eigenvalue weighted by atomic mass is 16.5. The van der Waals surface area contributed by atoms with E-state index in [1.165, 1.54) is 0 Å². The second-order valence-corrected chi connectivity index (χ2v) is 4.02. The lowest BCUT2D eigenvalue weighted by atomic mass is 10.2.